The molecule has 176 valence electrons. The zero-order valence-electron chi connectivity index (χ0n) is 19.3. The number of hydrogen-bond donors (Lipinski definition) is 2. The van der Waals surface area contributed by atoms with Crippen molar-refractivity contribution < 1.29 is 9.47 Å². The highest BCUT2D eigenvalue weighted by atomic mass is 127. The van der Waals surface area contributed by atoms with Crippen LogP contribution >= 0.6 is 24.0 Å². The van der Waals surface area contributed by atoms with Crippen molar-refractivity contribution in [3.8, 4) is 5.75 Å². The SMILES string of the molecule is CN=C(NCc1ccccc1OCCN1CCOCC1)NC1CCN(C(C)C)CC1.I. The van der Waals surface area contributed by atoms with E-state index in [2.05, 4.69) is 51.4 Å². The topological polar surface area (TPSA) is 61.4 Å². The molecule has 2 fully saturated rings. The van der Waals surface area contributed by atoms with E-state index in [4.69, 9.17) is 9.47 Å². The van der Waals surface area contributed by atoms with Crippen LogP contribution in [0.15, 0.2) is 29.3 Å². The van der Waals surface area contributed by atoms with Crippen molar-refractivity contribution in [3.05, 3.63) is 29.8 Å². The van der Waals surface area contributed by atoms with Crippen LogP contribution < -0.4 is 15.4 Å². The van der Waals surface area contributed by atoms with Gasteiger partial charge in [0, 0.05) is 64.0 Å². The van der Waals surface area contributed by atoms with Gasteiger partial charge in [0.05, 0.1) is 13.2 Å². The van der Waals surface area contributed by atoms with Crippen molar-refractivity contribution in [2.75, 3.05) is 59.6 Å². The molecule has 0 aliphatic carbocycles. The Morgan fingerprint density at radius 3 is 2.55 bits per heavy atom. The minimum Gasteiger partial charge on any atom is -0.492 e. The lowest BCUT2D eigenvalue weighted by molar-refractivity contribution is 0.0322. The molecule has 0 unspecified atom stereocenters. The Balaban J connectivity index is 0.00000341. The molecule has 1 aromatic carbocycles. The van der Waals surface area contributed by atoms with E-state index in [1.165, 1.54) is 0 Å². The Kier molecular flexibility index (Phi) is 11.9. The summed E-state index contributed by atoms with van der Waals surface area (Å²) >= 11 is 0. The highest BCUT2D eigenvalue weighted by molar-refractivity contribution is 14.0. The van der Waals surface area contributed by atoms with E-state index in [0.29, 0.717) is 25.2 Å². The second-order valence-corrected chi connectivity index (χ2v) is 8.38. The molecule has 2 saturated heterocycles. The Bertz CT molecular complexity index is 659. The Hall–Kier alpha value is -1.10. The van der Waals surface area contributed by atoms with Crippen molar-refractivity contribution >= 4 is 29.9 Å². The number of likely N-dealkylation sites (tertiary alicyclic amines) is 1. The Labute approximate surface area is 205 Å². The first kappa shape index (κ1) is 26.2. The van der Waals surface area contributed by atoms with Gasteiger partial charge in [-0.05, 0) is 32.8 Å². The molecule has 8 heteroatoms. The Morgan fingerprint density at radius 1 is 1.16 bits per heavy atom. The molecule has 1 aromatic rings. The number of nitrogens with zero attached hydrogens (tertiary/aromatic N) is 3. The monoisotopic (exact) mass is 545 g/mol. The third-order valence-electron chi connectivity index (χ3n) is 6.01. The van der Waals surface area contributed by atoms with Crippen LogP contribution in [0, 0.1) is 0 Å². The Morgan fingerprint density at radius 2 is 1.87 bits per heavy atom. The molecule has 2 aliphatic rings. The summed E-state index contributed by atoms with van der Waals surface area (Å²) in [6.07, 6.45) is 2.31. The van der Waals surface area contributed by atoms with Gasteiger partial charge in [-0.3, -0.25) is 9.89 Å². The maximum atomic E-state index is 6.10. The number of benzene rings is 1. The molecule has 3 rings (SSSR count). The van der Waals surface area contributed by atoms with Crippen molar-refractivity contribution in [2.24, 2.45) is 4.99 Å². The summed E-state index contributed by atoms with van der Waals surface area (Å²) < 4.78 is 11.5. The highest BCUT2D eigenvalue weighted by Gasteiger charge is 2.21. The average molecular weight is 546 g/mol. The van der Waals surface area contributed by atoms with E-state index in [-0.39, 0.29) is 24.0 Å². The summed E-state index contributed by atoms with van der Waals surface area (Å²) in [5.74, 6) is 1.81. The van der Waals surface area contributed by atoms with Gasteiger partial charge in [-0.15, -0.1) is 24.0 Å². The third-order valence-corrected chi connectivity index (χ3v) is 6.01. The standard InChI is InChI=1S/C23H39N5O2.HI/c1-19(2)28-10-8-21(9-11-28)26-23(24-3)25-18-20-6-4-5-7-22(20)30-17-14-27-12-15-29-16-13-27;/h4-7,19,21H,8-18H2,1-3H3,(H2,24,25,26);1H. The second-order valence-electron chi connectivity index (χ2n) is 8.38. The summed E-state index contributed by atoms with van der Waals surface area (Å²) in [7, 11) is 1.84. The van der Waals surface area contributed by atoms with Gasteiger partial charge in [0.2, 0.25) is 0 Å². The number of nitrogens with one attached hydrogen (secondary N) is 2. The number of aliphatic imine (C=N–C) groups is 1. The number of hydrogen-bond acceptors (Lipinski definition) is 5. The molecule has 0 atom stereocenters. The lowest BCUT2D eigenvalue weighted by Gasteiger charge is -2.35. The minimum atomic E-state index is 0. The van der Waals surface area contributed by atoms with Crippen LogP contribution in [-0.4, -0.2) is 87.4 Å². The van der Waals surface area contributed by atoms with Crippen molar-refractivity contribution in [3.63, 3.8) is 0 Å². The van der Waals surface area contributed by atoms with Gasteiger partial charge in [0.15, 0.2) is 5.96 Å². The molecule has 2 aliphatic heterocycles. The molecular weight excluding hydrogens is 505 g/mol. The minimum absolute atomic E-state index is 0. The first-order valence-electron chi connectivity index (χ1n) is 11.4. The number of para-hydroxylation sites is 1. The van der Waals surface area contributed by atoms with Gasteiger partial charge in [-0.25, -0.2) is 0 Å². The van der Waals surface area contributed by atoms with Crippen LogP contribution in [0.25, 0.3) is 0 Å². The zero-order valence-corrected chi connectivity index (χ0v) is 21.6. The van der Waals surface area contributed by atoms with Gasteiger partial charge in [0.1, 0.15) is 12.4 Å². The summed E-state index contributed by atoms with van der Waals surface area (Å²) in [5, 5.41) is 7.06. The molecule has 2 heterocycles. The van der Waals surface area contributed by atoms with E-state index in [1.54, 1.807) is 0 Å². The van der Waals surface area contributed by atoms with Crippen LogP contribution in [0.5, 0.6) is 5.75 Å². The maximum absolute atomic E-state index is 6.10. The molecule has 2 N–H and O–H groups in total. The first-order chi connectivity index (χ1) is 14.7. The van der Waals surface area contributed by atoms with E-state index >= 15 is 0 Å². The lowest BCUT2D eigenvalue weighted by Crippen LogP contribution is -2.49. The van der Waals surface area contributed by atoms with Crippen LogP contribution in [0.1, 0.15) is 32.3 Å². The van der Waals surface area contributed by atoms with Crippen LogP contribution in [0.2, 0.25) is 0 Å². The third kappa shape index (κ3) is 8.75. The molecule has 0 aromatic heterocycles. The van der Waals surface area contributed by atoms with E-state index in [0.717, 1.165) is 76.1 Å². The maximum Gasteiger partial charge on any atom is 0.191 e. The summed E-state index contributed by atoms with van der Waals surface area (Å²) in [4.78, 5) is 9.36. The van der Waals surface area contributed by atoms with Crippen molar-refractivity contribution in [2.45, 2.75) is 45.3 Å². The number of morpholine rings is 1. The molecular formula is C23H40IN5O2. The number of guanidine groups is 1. The highest BCUT2D eigenvalue weighted by Crippen LogP contribution is 2.18. The first-order valence-corrected chi connectivity index (χ1v) is 11.4. The van der Waals surface area contributed by atoms with Crippen LogP contribution in [-0.2, 0) is 11.3 Å². The van der Waals surface area contributed by atoms with E-state index < -0.39 is 0 Å². The number of rotatable bonds is 8. The number of piperidine rings is 1. The second kappa shape index (κ2) is 14.1. The number of ether oxygens (including phenoxy) is 2. The predicted molar refractivity (Wildman–Crippen MR) is 138 cm³/mol. The smallest absolute Gasteiger partial charge is 0.191 e. The van der Waals surface area contributed by atoms with Gasteiger partial charge in [0.25, 0.3) is 0 Å². The fourth-order valence-corrected chi connectivity index (χ4v) is 4.03. The van der Waals surface area contributed by atoms with Gasteiger partial charge in [-0.2, -0.15) is 0 Å². The molecule has 0 saturated carbocycles. The lowest BCUT2D eigenvalue weighted by atomic mass is 10.0. The fraction of sp³-hybridized carbons (Fsp3) is 0.696. The molecule has 0 bridgehead atoms. The molecule has 0 spiro atoms. The summed E-state index contributed by atoms with van der Waals surface area (Å²) in [6.45, 7) is 12.8. The summed E-state index contributed by atoms with van der Waals surface area (Å²) in [6, 6.07) is 9.36. The molecule has 0 amide bonds. The van der Waals surface area contributed by atoms with Crippen molar-refractivity contribution in [1.82, 2.24) is 20.4 Å². The molecule has 0 radical (unpaired) electrons. The van der Waals surface area contributed by atoms with Crippen LogP contribution in [0.4, 0.5) is 0 Å². The van der Waals surface area contributed by atoms with Crippen molar-refractivity contribution in [1.29, 1.82) is 0 Å². The summed E-state index contributed by atoms with van der Waals surface area (Å²) in [5.41, 5.74) is 1.15. The zero-order chi connectivity index (χ0) is 21.2. The molecule has 31 heavy (non-hydrogen) atoms. The van der Waals surface area contributed by atoms with E-state index in [9.17, 15) is 0 Å². The van der Waals surface area contributed by atoms with Gasteiger partial charge >= 0.3 is 0 Å². The normalized spacial score (nSPS) is 19.2. The largest absolute Gasteiger partial charge is 0.492 e. The van der Waals surface area contributed by atoms with Gasteiger partial charge < -0.3 is 25.0 Å². The molecule has 7 nitrogen and oxygen atoms in total. The quantitative estimate of drug-likeness (QED) is 0.298. The van der Waals surface area contributed by atoms with E-state index in [1.807, 2.05) is 19.2 Å². The van der Waals surface area contributed by atoms with Crippen LogP contribution in [0.3, 0.4) is 0 Å². The fourth-order valence-electron chi connectivity index (χ4n) is 4.03. The number of halogens is 1. The predicted octanol–water partition coefficient (Wildman–Crippen LogP) is 2.55. The average Bonchev–Trinajstić information content (AvgIpc) is 2.78. The van der Waals surface area contributed by atoms with Gasteiger partial charge in [-0.1, -0.05) is 18.2 Å².